The molecule has 0 aliphatic carbocycles. The van der Waals surface area contributed by atoms with Gasteiger partial charge in [-0.1, -0.05) is 131 Å². The van der Waals surface area contributed by atoms with E-state index >= 15 is 0 Å². The number of benzene rings is 5. The molecule has 250 valence electrons. The molecule has 0 radical (unpaired) electrons. The molecule has 0 spiro atoms. The molecule has 6 rings (SSSR count). The van der Waals surface area contributed by atoms with Gasteiger partial charge in [0.2, 0.25) is 11.8 Å². The van der Waals surface area contributed by atoms with Crippen LogP contribution in [-0.4, -0.2) is 17.7 Å². The predicted molar refractivity (Wildman–Crippen MR) is 198 cm³/mol. The zero-order valence-corrected chi connectivity index (χ0v) is 28.6. The molecule has 0 saturated heterocycles. The molecule has 3 N–H and O–H groups in total. The number of carbonyl (C=O) groups excluding carboxylic acids is 3. The second-order valence-electron chi connectivity index (χ2n) is 13.6. The number of unbranched alkanes of at least 4 members (excludes halogenated alkanes) is 1. The number of para-hydroxylation sites is 1. The Morgan fingerprint density at radius 3 is 2.22 bits per heavy atom. The topological polar surface area (TPSA) is 92.5 Å². The van der Waals surface area contributed by atoms with E-state index in [2.05, 4.69) is 54.7 Å². The van der Waals surface area contributed by atoms with E-state index in [0.717, 1.165) is 51.9 Å². The van der Waals surface area contributed by atoms with Gasteiger partial charge in [-0.05, 0) is 75.5 Å². The van der Waals surface area contributed by atoms with E-state index in [9.17, 15) is 14.4 Å². The summed E-state index contributed by atoms with van der Waals surface area (Å²) in [5.41, 5.74) is 12.4. The SMILES string of the molecule is CCCC[C@H](C(N)=O)[C@@H](CC(C)C)C(=O)NC1C(=O)N(Cc2cccc(-c3ccc4ccccc4c3)c2)c2ccccc2-c2ccccc21. The molecule has 0 fully saturated rings. The maximum atomic E-state index is 14.9. The van der Waals surface area contributed by atoms with Crippen molar-refractivity contribution in [2.75, 3.05) is 4.90 Å². The predicted octanol–water partition coefficient (Wildman–Crippen LogP) is 8.83. The van der Waals surface area contributed by atoms with Gasteiger partial charge in [0.05, 0.1) is 12.2 Å². The number of nitrogens with two attached hydrogens (primary N) is 1. The second-order valence-corrected chi connectivity index (χ2v) is 13.6. The van der Waals surface area contributed by atoms with Crippen LogP contribution in [0.1, 0.15) is 63.6 Å². The van der Waals surface area contributed by atoms with Crippen LogP contribution >= 0.6 is 0 Å². The molecule has 0 saturated carbocycles. The van der Waals surface area contributed by atoms with Gasteiger partial charge in [0.15, 0.2) is 0 Å². The van der Waals surface area contributed by atoms with Crippen molar-refractivity contribution in [3.05, 3.63) is 126 Å². The number of anilines is 1. The smallest absolute Gasteiger partial charge is 0.254 e. The molecule has 0 bridgehead atoms. The second kappa shape index (κ2) is 14.9. The third-order valence-corrected chi connectivity index (χ3v) is 9.69. The van der Waals surface area contributed by atoms with Crippen molar-refractivity contribution in [1.29, 1.82) is 0 Å². The molecule has 49 heavy (non-hydrogen) atoms. The summed E-state index contributed by atoms with van der Waals surface area (Å²) in [5.74, 6) is -2.10. The Labute approximate surface area is 289 Å². The minimum absolute atomic E-state index is 0.159. The third kappa shape index (κ3) is 7.29. The highest BCUT2D eigenvalue weighted by molar-refractivity contribution is 6.06. The molecular weight excluding hydrogens is 606 g/mol. The fourth-order valence-corrected chi connectivity index (χ4v) is 7.22. The average Bonchev–Trinajstić information content (AvgIpc) is 3.20. The van der Waals surface area contributed by atoms with E-state index in [1.807, 2.05) is 86.6 Å². The fourth-order valence-electron chi connectivity index (χ4n) is 7.22. The van der Waals surface area contributed by atoms with Crippen molar-refractivity contribution in [3.63, 3.8) is 0 Å². The van der Waals surface area contributed by atoms with Crippen LogP contribution in [-0.2, 0) is 20.9 Å². The van der Waals surface area contributed by atoms with E-state index in [-0.39, 0.29) is 17.7 Å². The van der Waals surface area contributed by atoms with Crippen LogP contribution in [0.2, 0.25) is 0 Å². The zero-order valence-electron chi connectivity index (χ0n) is 28.6. The van der Waals surface area contributed by atoms with E-state index in [0.29, 0.717) is 19.4 Å². The van der Waals surface area contributed by atoms with Crippen LogP contribution in [0.5, 0.6) is 0 Å². The number of carbonyl (C=O) groups is 3. The van der Waals surface area contributed by atoms with Gasteiger partial charge in [0.25, 0.3) is 5.91 Å². The number of hydrogen-bond donors (Lipinski definition) is 2. The highest BCUT2D eigenvalue weighted by Crippen LogP contribution is 2.41. The van der Waals surface area contributed by atoms with Crippen molar-refractivity contribution in [2.24, 2.45) is 23.5 Å². The Hall–Kier alpha value is -5.23. The summed E-state index contributed by atoms with van der Waals surface area (Å²) in [6, 6.07) is 37.8. The number of hydrogen-bond acceptors (Lipinski definition) is 3. The first-order valence-electron chi connectivity index (χ1n) is 17.4. The lowest BCUT2D eigenvalue weighted by Crippen LogP contribution is -2.47. The summed E-state index contributed by atoms with van der Waals surface area (Å²) in [4.78, 5) is 43.6. The van der Waals surface area contributed by atoms with Gasteiger partial charge in [-0.2, -0.15) is 0 Å². The summed E-state index contributed by atoms with van der Waals surface area (Å²) in [7, 11) is 0. The quantitative estimate of drug-likeness (QED) is 0.141. The van der Waals surface area contributed by atoms with Crippen molar-refractivity contribution in [3.8, 4) is 22.3 Å². The third-order valence-electron chi connectivity index (χ3n) is 9.69. The van der Waals surface area contributed by atoms with Crippen LogP contribution in [0.25, 0.3) is 33.0 Å². The highest BCUT2D eigenvalue weighted by Gasteiger charge is 2.39. The molecule has 6 heteroatoms. The average molecular weight is 652 g/mol. The maximum absolute atomic E-state index is 14.9. The number of fused-ring (bicyclic) bond motifs is 4. The summed E-state index contributed by atoms with van der Waals surface area (Å²) in [6.07, 6.45) is 2.72. The van der Waals surface area contributed by atoms with Gasteiger partial charge in [-0.15, -0.1) is 0 Å². The Morgan fingerprint density at radius 1 is 0.776 bits per heavy atom. The van der Waals surface area contributed by atoms with Gasteiger partial charge < -0.3 is 16.0 Å². The Morgan fingerprint density at radius 2 is 1.47 bits per heavy atom. The van der Waals surface area contributed by atoms with E-state index < -0.39 is 23.8 Å². The first-order chi connectivity index (χ1) is 23.7. The lowest BCUT2D eigenvalue weighted by atomic mass is 9.81. The number of rotatable bonds is 12. The van der Waals surface area contributed by atoms with Crippen molar-refractivity contribution >= 4 is 34.2 Å². The number of amides is 3. The monoisotopic (exact) mass is 651 g/mol. The number of nitrogens with zero attached hydrogens (tertiary/aromatic N) is 1. The number of nitrogens with one attached hydrogen (secondary N) is 1. The van der Waals surface area contributed by atoms with Gasteiger partial charge in [0.1, 0.15) is 6.04 Å². The first kappa shape index (κ1) is 33.7. The summed E-state index contributed by atoms with van der Waals surface area (Å²) in [6.45, 7) is 6.44. The van der Waals surface area contributed by atoms with Crippen molar-refractivity contribution < 1.29 is 14.4 Å². The standard InChI is InChI=1S/C43H45N3O3/c1-4-5-17-37(41(44)47)38(24-28(2)3)42(48)45-40-36-20-9-8-18-34(36)35-19-10-11-21-39(35)46(43(40)49)27-29-13-12-16-31(25-29)33-23-22-30-14-6-7-15-32(30)26-33/h6-16,18-23,25-26,28,37-38,40H,4-5,17,24,27H2,1-3H3,(H2,44,47)(H,45,48)/t37-,38+,40?/m0/s1. The van der Waals surface area contributed by atoms with Crippen LogP contribution in [0.15, 0.2) is 115 Å². The molecule has 1 aliphatic rings. The summed E-state index contributed by atoms with van der Waals surface area (Å²) in [5, 5.41) is 5.50. The van der Waals surface area contributed by atoms with Gasteiger partial charge in [-0.3, -0.25) is 14.4 Å². The maximum Gasteiger partial charge on any atom is 0.254 e. The van der Waals surface area contributed by atoms with Gasteiger partial charge >= 0.3 is 0 Å². The van der Waals surface area contributed by atoms with Crippen LogP contribution < -0.4 is 16.0 Å². The normalized spacial score (nSPS) is 15.3. The molecule has 1 unspecified atom stereocenters. The summed E-state index contributed by atoms with van der Waals surface area (Å²) >= 11 is 0. The van der Waals surface area contributed by atoms with Crippen LogP contribution in [0.4, 0.5) is 5.69 Å². The highest BCUT2D eigenvalue weighted by atomic mass is 16.2. The minimum atomic E-state index is -0.950. The van der Waals surface area contributed by atoms with Crippen LogP contribution in [0.3, 0.4) is 0 Å². The van der Waals surface area contributed by atoms with Crippen molar-refractivity contribution in [1.82, 2.24) is 5.32 Å². The minimum Gasteiger partial charge on any atom is -0.369 e. The lowest BCUT2D eigenvalue weighted by Gasteiger charge is -2.30. The Bertz CT molecular complexity index is 1980. The van der Waals surface area contributed by atoms with E-state index in [1.165, 1.54) is 10.8 Å². The Balaban J connectivity index is 1.38. The lowest BCUT2D eigenvalue weighted by molar-refractivity contribution is -0.136. The molecule has 6 nitrogen and oxygen atoms in total. The first-order valence-corrected chi connectivity index (χ1v) is 17.4. The molecule has 1 aliphatic heterocycles. The zero-order chi connectivity index (χ0) is 34.5. The molecule has 1 heterocycles. The van der Waals surface area contributed by atoms with Gasteiger partial charge in [0, 0.05) is 17.4 Å². The molecule has 3 atom stereocenters. The van der Waals surface area contributed by atoms with Gasteiger partial charge in [-0.25, -0.2) is 0 Å². The fraction of sp³-hybridized carbons (Fsp3) is 0.279. The number of primary amides is 1. The van der Waals surface area contributed by atoms with E-state index in [1.54, 1.807) is 4.90 Å². The largest absolute Gasteiger partial charge is 0.369 e. The van der Waals surface area contributed by atoms with E-state index in [4.69, 9.17) is 5.73 Å². The van der Waals surface area contributed by atoms with Crippen molar-refractivity contribution in [2.45, 2.75) is 59.0 Å². The molecule has 5 aromatic rings. The Kier molecular flexibility index (Phi) is 10.2. The molecular formula is C43H45N3O3. The molecule has 0 aromatic heterocycles. The van der Waals surface area contributed by atoms with Crippen LogP contribution in [0, 0.1) is 17.8 Å². The summed E-state index contributed by atoms with van der Waals surface area (Å²) < 4.78 is 0. The molecule has 3 amide bonds. The molecule has 5 aromatic carbocycles.